The van der Waals surface area contributed by atoms with E-state index in [-0.39, 0.29) is 12.1 Å². The van der Waals surface area contributed by atoms with Crippen LogP contribution in [-0.4, -0.2) is 20.3 Å². The second kappa shape index (κ2) is 5.40. The molecule has 0 aliphatic carbocycles. The molecule has 0 saturated heterocycles. The molecule has 2 nitrogen and oxygen atoms in total. The van der Waals surface area contributed by atoms with E-state index < -0.39 is 33.2 Å². The third kappa shape index (κ3) is 3.55. The molecule has 0 radical (unpaired) electrons. The van der Waals surface area contributed by atoms with Gasteiger partial charge in [-0.3, -0.25) is 0 Å². The lowest BCUT2D eigenvalue weighted by atomic mass is 10.2. The highest BCUT2D eigenvalue weighted by Gasteiger charge is 2.25. The third-order valence-electron chi connectivity index (χ3n) is 2.27. The van der Waals surface area contributed by atoms with Gasteiger partial charge in [-0.25, -0.2) is 21.7 Å². The summed E-state index contributed by atoms with van der Waals surface area (Å²) in [4.78, 5) is 0. The Morgan fingerprint density at radius 1 is 1.22 bits per heavy atom. The minimum absolute atomic E-state index is 0.121. The van der Waals surface area contributed by atoms with Crippen molar-refractivity contribution in [3.8, 4) is 0 Å². The first-order valence-corrected chi connectivity index (χ1v) is 6.50. The summed E-state index contributed by atoms with van der Waals surface area (Å²) in [6, 6.07) is 1.40. The zero-order chi connectivity index (χ0) is 14.1. The van der Waals surface area contributed by atoms with Gasteiger partial charge in [-0.15, -0.1) is 0 Å². The van der Waals surface area contributed by atoms with Crippen molar-refractivity contribution in [2.75, 3.05) is 7.05 Å². The minimum atomic E-state index is -1.38. The first kappa shape index (κ1) is 15.2. The summed E-state index contributed by atoms with van der Waals surface area (Å²) in [5.74, 6) is -3.19. The van der Waals surface area contributed by atoms with Gasteiger partial charge in [-0.05, 0) is 26.8 Å². The molecule has 18 heavy (non-hydrogen) atoms. The van der Waals surface area contributed by atoms with Crippen LogP contribution in [0.5, 0.6) is 0 Å². The molecule has 1 rings (SSSR count). The average molecular weight is 279 g/mol. The molecule has 1 aromatic carbocycles. The highest BCUT2D eigenvalue weighted by molar-refractivity contribution is 7.84. The molecule has 1 atom stereocenters. The topological polar surface area (TPSA) is 20.3 Å². The standard InChI is InChI=1S/C12H16F3NOS/c1-12(2,3)18(17)16(4)7-8-5-9(13)6-10(14)11(8)15/h5-6H,7H2,1-4H3. The average Bonchev–Trinajstić information content (AvgIpc) is 2.22. The Morgan fingerprint density at radius 2 is 1.78 bits per heavy atom. The monoisotopic (exact) mass is 279 g/mol. The molecule has 1 aromatic rings. The largest absolute Gasteiger partial charge is 0.242 e. The molecule has 0 heterocycles. The van der Waals surface area contributed by atoms with Crippen LogP contribution in [0.15, 0.2) is 12.1 Å². The van der Waals surface area contributed by atoms with Crippen LogP contribution < -0.4 is 0 Å². The molecule has 0 aromatic heterocycles. The van der Waals surface area contributed by atoms with Crippen molar-refractivity contribution in [1.29, 1.82) is 0 Å². The van der Waals surface area contributed by atoms with Crippen molar-refractivity contribution in [3.63, 3.8) is 0 Å². The van der Waals surface area contributed by atoms with Crippen molar-refractivity contribution >= 4 is 11.0 Å². The molecule has 0 N–H and O–H groups in total. The summed E-state index contributed by atoms with van der Waals surface area (Å²) < 4.78 is 52.3. The van der Waals surface area contributed by atoms with Crippen molar-refractivity contribution < 1.29 is 17.4 Å². The highest BCUT2D eigenvalue weighted by atomic mass is 32.2. The van der Waals surface area contributed by atoms with Crippen LogP contribution in [0.25, 0.3) is 0 Å². The first-order chi connectivity index (χ1) is 8.12. The molecule has 6 heteroatoms. The van der Waals surface area contributed by atoms with Crippen LogP contribution in [0.2, 0.25) is 0 Å². The molecule has 0 aliphatic rings. The van der Waals surface area contributed by atoms with E-state index in [4.69, 9.17) is 0 Å². The first-order valence-electron chi connectivity index (χ1n) is 5.39. The molecule has 0 saturated carbocycles. The smallest absolute Gasteiger partial charge is 0.163 e. The van der Waals surface area contributed by atoms with Gasteiger partial charge in [-0.1, -0.05) is 0 Å². The molecule has 102 valence electrons. The minimum Gasteiger partial charge on any atom is -0.242 e. The third-order valence-corrected chi connectivity index (χ3v) is 4.01. The maximum Gasteiger partial charge on any atom is 0.163 e. The fourth-order valence-corrected chi connectivity index (χ4v) is 2.68. The van der Waals surface area contributed by atoms with E-state index in [1.165, 1.54) is 11.4 Å². The van der Waals surface area contributed by atoms with E-state index in [2.05, 4.69) is 0 Å². The van der Waals surface area contributed by atoms with Crippen molar-refractivity contribution in [2.24, 2.45) is 0 Å². The maximum absolute atomic E-state index is 13.4. The zero-order valence-electron chi connectivity index (χ0n) is 10.8. The Kier molecular flexibility index (Phi) is 4.55. The fourth-order valence-electron chi connectivity index (χ4n) is 1.49. The lowest BCUT2D eigenvalue weighted by Gasteiger charge is -2.25. The van der Waals surface area contributed by atoms with E-state index in [9.17, 15) is 17.4 Å². The normalized spacial score (nSPS) is 14.0. The number of hydrogen-bond donors (Lipinski definition) is 0. The molecule has 0 aliphatic heterocycles. The van der Waals surface area contributed by atoms with Crippen LogP contribution in [-0.2, 0) is 17.5 Å². The van der Waals surface area contributed by atoms with Gasteiger partial charge in [0.2, 0.25) is 0 Å². The van der Waals surface area contributed by atoms with Crippen molar-refractivity contribution in [3.05, 3.63) is 35.1 Å². The number of nitrogens with zero attached hydrogens (tertiary/aromatic N) is 1. The SMILES string of the molecule is CN(Cc1cc(F)cc(F)c1F)S(=O)C(C)(C)C. The summed E-state index contributed by atoms with van der Waals surface area (Å²) in [6.07, 6.45) is 0. The zero-order valence-corrected chi connectivity index (χ0v) is 11.6. The van der Waals surface area contributed by atoms with E-state index in [0.29, 0.717) is 6.07 Å². The number of benzene rings is 1. The van der Waals surface area contributed by atoms with E-state index >= 15 is 0 Å². The Balaban J connectivity index is 2.95. The quantitative estimate of drug-likeness (QED) is 0.779. The Morgan fingerprint density at radius 3 is 2.28 bits per heavy atom. The predicted molar refractivity (Wildman–Crippen MR) is 65.7 cm³/mol. The van der Waals surface area contributed by atoms with E-state index in [1.807, 2.05) is 0 Å². The number of hydrogen-bond acceptors (Lipinski definition) is 1. The van der Waals surface area contributed by atoms with Gasteiger partial charge in [-0.2, -0.15) is 0 Å². The molecule has 0 amide bonds. The van der Waals surface area contributed by atoms with Gasteiger partial charge in [0.1, 0.15) is 5.82 Å². The molecule has 0 bridgehead atoms. The van der Waals surface area contributed by atoms with Crippen LogP contribution in [0.1, 0.15) is 26.3 Å². The summed E-state index contributed by atoms with van der Waals surface area (Å²) in [6.45, 7) is 5.18. The van der Waals surface area contributed by atoms with Crippen LogP contribution in [0.3, 0.4) is 0 Å². The lowest BCUT2D eigenvalue weighted by molar-refractivity contribution is 0.449. The van der Waals surface area contributed by atoms with Gasteiger partial charge in [0.15, 0.2) is 11.6 Å². The molecular formula is C12H16F3NOS. The second-order valence-corrected chi connectivity index (χ2v) is 7.35. The summed E-state index contributed by atoms with van der Waals surface area (Å²) in [7, 11) is 0.135. The van der Waals surface area contributed by atoms with Gasteiger partial charge < -0.3 is 0 Å². The van der Waals surface area contributed by atoms with E-state index in [0.717, 1.165) is 6.07 Å². The van der Waals surface area contributed by atoms with Gasteiger partial charge in [0, 0.05) is 25.2 Å². The molecular weight excluding hydrogens is 263 g/mol. The Labute approximate surface area is 107 Å². The number of halogens is 3. The second-order valence-electron chi connectivity index (χ2n) is 5.01. The molecule has 0 spiro atoms. The van der Waals surface area contributed by atoms with E-state index in [1.54, 1.807) is 20.8 Å². The highest BCUT2D eigenvalue weighted by Crippen LogP contribution is 2.20. The number of rotatable bonds is 3. The fraction of sp³-hybridized carbons (Fsp3) is 0.500. The summed E-state index contributed by atoms with van der Waals surface area (Å²) in [5, 5.41) is 0. The Hall–Kier alpha value is -0.880. The Bertz CT molecular complexity index is 471. The summed E-state index contributed by atoms with van der Waals surface area (Å²) in [5.41, 5.74) is -0.146. The maximum atomic E-state index is 13.4. The lowest BCUT2D eigenvalue weighted by Crippen LogP contribution is -2.34. The predicted octanol–water partition coefficient (Wildman–Crippen LogP) is 3.00. The summed E-state index contributed by atoms with van der Waals surface area (Å²) >= 11 is 0. The van der Waals surface area contributed by atoms with Crippen molar-refractivity contribution in [2.45, 2.75) is 32.1 Å². The van der Waals surface area contributed by atoms with Crippen LogP contribution in [0.4, 0.5) is 13.2 Å². The van der Waals surface area contributed by atoms with Crippen molar-refractivity contribution in [1.82, 2.24) is 4.31 Å². The van der Waals surface area contributed by atoms with Crippen LogP contribution in [0, 0.1) is 17.5 Å². The molecule has 1 unspecified atom stereocenters. The van der Waals surface area contributed by atoms with Gasteiger partial charge in [0.05, 0.1) is 15.7 Å². The van der Waals surface area contributed by atoms with Gasteiger partial charge >= 0.3 is 0 Å². The van der Waals surface area contributed by atoms with Gasteiger partial charge in [0.25, 0.3) is 0 Å². The van der Waals surface area contributed by atoms with Crippen LogP contribution >= 0.6 is 0 Å². The molecule has 0 fully saturated rings.